The highest BCUT2D eigenvalue weighted by Gasteiger charge is 2.54. The van der Waals surface area contributed by atoms with E-state index in [0.29, 0.717) is 35.1 Å². The van der Waals surface area contributed by atoms with Crippen LogP contribution in [0, 0.1) is 0 Å². The summed E-state index contributed by atoms with van der Waals surface area (Å²) >= 11 is 12.6. The molecule has 0 spiro atoms. The average molecular weight is 520 g/mol. The Labute approximate surface area is 215 Å². The van der Waals surface area contributed by atoms with Gasteiger partial charge in [-0.1, -0.05) is 35.3 Å². The number of fused-ring (bicyclic) bond motifs is 1. The standard InChI is InChI=1S/C26H31Cl2N3O4/c27-19-7-3-8-20(28)22(19)26(12-13-26)25(34)31-21(24(32)33)11-16-35-15-2-1-6-18-10-9-17-5-4-14-29-23(17)30-18/h3,7-10,21H,1-2,4-6,11-16H2,(H,29,30)(H,31,34)(H,32,33). The Morgan fingerprint density at radius 3 is 2.63 bits per heavy atom. The molecule has 1 unspecified atom stereocenters. The lowest BCUT2D eigenvalue weighted by molar-refractivity contribution is -0.142. The maximum atomic E-state index is 13.0. The quantitative estimate of drug-likeness (QED) is 0.349. The van der Waals surface area contributed by atoms with E-state index < -0.39 is 17.4 Å². The monoisotopic (exact) mass is 519 g/mol. The molecule has 2 heterocycles. The molecule has 1 amide bonds. The van der Waals surface area contributed by atoms with Gasteiger partial charge in [0.2, 0.25) is 5.91 Å². The van der Waals surface area contributed by atoms with Crippen molar-refractivity contribution in [1.29, 1.82) is 0 Å². The van der Waals surface area contributed by atoms with Gasteiger partial charge in [0.1, 0.15) is 11.9 Å². The van der Waals surface area contributed by atoms with E-state index in [-0.39, 0.29) is 18.9 Å². The van der Waals surface area contributed by atoms with Crippen LogP contribution >= 0.6 is 23.2 Å². The Morgan fingerprint density at radius 2 is 1.91 bits per heavy atom. The van der Waals surface area contributed by atoms with Gasteiger partial charge < -0.3 is 20.5 Å². The molecule has 0 bridgehead atoms. The number of carboxylic acids is 1. The van der Waals surface area contributed by atoms with E-state index >= 15 is 0 Å². The van der Waals surface area contributed by atoms with Crippen LogP contribution in [-0.2, 0) is 32.6 Å². The summed E-state index contributed by atoms with van der Waals surface area (Å²) < 4.78 is 5.66. The lowest BCUT2D eigenvalue weighted by Crippen LogP contribution is -2.46. The molecule has 9 heteroatoms. The smallest absolute Gasteiger partial charge is 0.326 e. The number of benzene rings is 1. The second-order valence-electron chi connectivity index (χ2n) is 9.24. The van der Waals surface area contributed by atoms with Crippen LogP contribution < -0.4 is 10.6 Å². The van der Waals surface area contributed by atoms with Gasteiger partial charge in [-0.25, -0.2) is 9.78 Å². The lowest BCUT2D eigenvalue weighted by atomic mass is 9.94. The molecule has 1 fully saturated rings. The third-order valence-electron chi connectivity index (χ3n) is 6.70. The van der Waals surface area contributed by atoms with Crippen molar-refractivity contribution in [3.8, 4) is 0 Å². The van der Waals surface area contributed by atoms with Gasteiger partial charge in [0.25, 0.3) is 0 Å². The summed E-state index contributed by atoms with van der Waals surface area (Å²) in [5, 5.41) is 16.5. The van der Waals surface area contributed by atoms with E-state index in [1.807, 2.05) is 0 Å². The van der Waals surface area contributed by atoms with Gasteiger partial charge >= 0.3 is 5.97 Å². The maximum absolute atomic E-state index is 13.0. The van der Waals surface area contributed by atoms with Crippen molar-refractivity contribution in [2.24, 2.45) is 0 Å². The van der Waals surface area contributed by atoms with Gasteiger partial charge in [0, 0.05) is 47.5 Å². The first kappa shape index (κ1) is 25.7. The molecule has 0 saturated heterocycles. The molecule has 7 nitrogen and oxygen atoms in total. The third-order valence-corrected chi connectivity index (χ3v) is 7.33. The molecule has 1 aromatic heterocycles. The zero-order valence-electron chi connectivity index (χ0n) is 19.6. The highest BCUT2D eigenvalue weighted by Crippen LogP contribution is 2.53. The summed E-state index contributed by atoms with van der Waals surface area (Å²) in [6, 6.07) is 8.32. The van der Waals surface area contributed by atoms with Crippen molar-refractivity contribution >= 4 is 40.9 Å². The van der Waals surface area contributed by atoms with E-state index in [2.05, 4.69) is 22.8 Å². The maximum Gasteiger partial charge on any atom is 0.326 e. The zero-order valence-corrected chi connectivity index (χ0v) is 21.1. The van der Waals surface area contributed by atoms with Crippen LogP contribution in [0.15, 0.2) is 30.3 Å². The number of carboxylic acid groups (broad SMARTS) is 1. The van der Waals surface area contributed by atoms with Crippen molar-refractivity contribution in [2.75, 3.05) is 25.1 Å². The van der Waals surface area contributed by atoms with Crippen LogP contribution in [0.2, 0.25) is 10.0 Å². The largest absolute Gasteiger partial charge is 0.480 e. The predicted octanol–water partition coefficient (Wildman–Crippen LogP) is 4.78. The van der Waals surface area contributed by atoms with E-state index in [1.54, 1.807) is 18.2 Å². The number of aryl methyl sites for hydroxylation is 2. The minimum atomic E-state index is -1.09. The molecule has 1 aromatic carbocycles. The second-order valence-corrected chi connectivity index (χ2v) is 10.1. The molecule has 0 radical (unpaired) electrons. The first-order chi connectivity index (χ1) is 16.9. The first-order valence-corrected chi connectivity index (χ1v) is 12.9. The fourth-order valence-electron chi connectivity index (χ4n) is 4.55. The number of nitrogens with one attached hydrogen (secondary N) is 2. The van der Waals surface area contributed by atoms with Crippen LogP contribution in [0.1, 0.15) is 55.3 Å². The van der Waals surface area contributed by atoms with Gasteiger partial charge in [0.15, 0.2) is 0 Å². The van der Waals surface area contributed by atoms with Gasteiger partial charge in [-0.2, -0.15) is 0 Å². The number of amides is 1. The number of rotatable bonds is 12. The summed E-state index contributed by atoms with van der Waals surface area (Å²) in [6.07, 6.45) is 6.24. The molecule has 4 rings (SSSR count). The van der Waals surface area contributed by atoms with Crippen LogP contribution in [-0.4, -0.2) is 47.8 Å². The molecule has 1 atom stereocenters. The number of pyridine rings is 1. The molecular formula is C26H31Cl2N3O4. The molecule has 2 aliphatic rings. The number of aliphatic carboxylic acids is 1. The van der Waals surface area contributed by atoms with E-state index in [1.165, 1.54) is 5.56 Å². The third kappa shape index (κ3) is 6.26. The number of carbonyl (C=O) groups is 2. The van der Waals surface area contributed by atoms with Crippen molar-refractivity contribution in [3.05, 3.63) is 57.2 Å². The molecule has 35 heavy (non-hydrogen) atoms. The number of unbranched alkanes of at least 4 members (excludes halogenated alkanes) is 1. The predicted molar refractivity (Wildman–Crippen MR) is 136 cm³/mol. The molecule has 1 saturated carbocycles. The molecule has 2 aromatic rings. The minimum absolute atomic E-state index is 0.186. The van der Waals surface area contributed by atoms with Crippen molar-refractivity contribution in [3.63, 3.8) is 0 Å². The fourth-order valence-corrected chi connectivity index (χ4v) is 5.31. The number of ether oxygens (including phenoxy) is 1. The summed E-state index contributed by atoms with van der Waals surface area (Å²) in [5.74, 6) is -0.432. The average Bonchev–Trinajstić information content (AvgIpc) is 3.64. The summed E-state index contributed by atoms with van der Waals surface area (Å²) in [4.78, 5) is 29.4. The van der Waals surface area contributed by atoms with Gasteiger partial charge in [-0.15, -0.1) is 0 Å². The molecular weight excluding hydrogens is 489 g/mol. The zero-order chi connectivity index (χ0) is 24.8. The Kier molecular flexibility index (Phi) is 8.52. The highest BCUT2D eigenvalue weighted by atomic mass is 35.5. The van der Waals surface area contributed by atoms with E-state index in [0.717, 1.165) is 50.2 Å². The van der Waals surface area contributed by atoms with E-state index in [9.17, 15) is 14.7 Å². The van der Waals surface area contributed by atoms with Gasteiger partial charge in [-0.3, -0.25) is 4.79 Å². The van der Waals surface area contributed by atoms with Gasteiger partial charge in [-0.05, 0) is 68.7 Å². The number of hydrogen-bond donors (Lipinski definition) is 3. The van der Waals surface area contributed by atoms with Crippen molar-refractivity contribution in [2.45, 2.75) is 62.8 Å². The SMILES string of the molecule is O=C(O)C(CCOCCCCc1ccc2c(n1)NCCC2)NC(=O)C1(c2c(Cl)cccc2Cl)CC1. The number of halogens is 2. The molecule has 3 N–H and O–H groups in total. The Bertz CT molecular complexity index is 1050. The number of aromatic nitrogens is 1. The number of nitrogens with zero attached hydrogens (tertiary/aromatic N) is 1. The molecule has 188 valence electrons. The van der Waals surface area contributed by atoms with Crippen molar-refractivity contribution in [1.82, 2.24) is 10.3 Å². The van der Waals surface area contributed by atoms with Gasteiger partial charge in [0.05, 0.1) is 5.41 Å². The highest BCUT2D eigenvalue weighted by molar-refractivity contribution is 6.36. The normalized spacial score (nSPS) is 16.6. The van der Waals surface area contributed by atoms with Crippen LogP contribution in [0.4, 0.5) is 5.82 Å². The van der Waals surface area contributed by atoms with Crippen molar-refractivity contribution < 1.29 is 19.4 Å². The fraction of sp³-hybridized carbons (Fsp3) is 0.500. The molecule has 1 aliphatic carbocycles. The summed E-state index contributed by atoms with van der Waals surface area (Å²) in [6.45, 7) is 1.75. The number of anilines is 1. The number of hydrogen-bond acceptors (Lipinski definition) is 5. The summed E-state index contributed by atoms with van der Waals surface area (Å²) in [5.41, 5.74) is 2.07. The second kappa shape index (κ2) is 11.6. The van der Waals surface area contributed by atoms with Crippen LogP contribution in [0.5, 0.6) is 0 Å². The van der Waals surface area contributed by atoms with Crippen LogP contribution in [0.25, 0.3) is 0 Å². The van der Waals surface area contributed by atoms with E-state index in [4.69, 9.17) is 32.9 Å². The van der Waals surface area contributed by atoms with Crippen LogP contribution in [0.3, 0.4) is 0 Å². The number of carbonyl (C=O) groups excluding carboxylic acids is 1. The lowest BCUT2D eigenvalue weighted by Gasteiger charge is -2.22. The Morgan fingerprint density at radius 1 is 1.14 bits per heavy atom. The Balaban J connectivity index is 1.19. The topological polar surface area (TPSA) is 101 Å². The Hall–Kier alpha value is -2.35. The minimum Gasteiger partial charge on any atom is -0.480 e. The summed E-state index contributed by atoms with van der Waals surface area (Å²) in [7, 11) is 0. The first-order valence-electron chi connectivity index (χ1n) is 12.2. The molecule has 1 aliphatic heterocycles.